The van der Waals surface area contributed by atoms with E-state index in [1.165, 1.54) is 0 Å². The van der Waals surface area contributed by atoms with Crippen LogP contribution in [0.15, 0.2) is 24.3 Å². The number of hydrogen-bond donors (Lipinski definition) is 3. The maximum absolute atomic E-state index is 9.28. The van der Waals surface area contributed by atoms with Gasteiger partial charge in [-0.2, -0.15) is 0 Å². The van der Waals surface area contributed by atoms with E-state index in [1.54, 1.807) is 12.1 Å². The Morgan fingerprint density at radius 1 is 1.40 bits per heavy atom. The summed E-state index contributed by atoms with van der Waals surface area (Å²) < 4.78 is 0. The highest BCUT2D eigenvalue weighted by atomic mass is 16.3. The maximum atomic E-state index is 9.28. The van der Waals surface area contributed by atoms with Crippen molar-refractivity contribution in [3.8, 4) is 5.75 Å². The molecule has 0 aliphatic heterocycles. The van der Waals surface area contributed by atoms with E-state index >= 15 is 0 Å². The van der Waals surface area contributed by atoms with Gasteiger partial charge in [0.2, 0.25) is 0 Å². The molecule has 0 saturated heterocycles. The van der Waals surface area contributed by atoms with Gasteiger partial charge >= 0.3 is 0 Å². The SMILES string of the molecule is CC(C)C(CN)CNc1cccc(O)c1. The van der Waals surface area contributed by atoms with Gasteiger partial charge < -0.3 is 16.2 Å². The highest BCUT2D eigenvalue weighted by Gasteiger charge is 2.10. The summed E-state index contributed by atoms with van der Waals surface area (Å²) >= 11 is 0. The van der Waals surface area contributed by atoms with Crippen LogP contribution < -0.4 is 11.1 Å². The molecule has 0 saturated carbocycles. The Balaban J connectivity index is 2.49. The van der Waals surface area contributed by atoms with Crippen molar-refractivity contribution in [1.82, 2.24) is 0 Å². The van der Waals surface area contributed by atoms with Gasteiger partial charge in [-0.3, -0.25) is 0 Å². The van der Waals surface area contributed by atoms with Crippen LogP contribution in [-0.2, 0) is 0 Å². The zero-order valence-electron chi connectivity index (χ0n) is 9.40. The molecular weight excluding hydrogens is 188 g/mol. The molecule has 0 heterocycles. The third-order valence-corrected chi connectivity index (χ3v) is 2.66. The number of aromatic hydroxyl groups is 1. The van der Waals surface area contributed by atoms with Crippen molar-refractivity contribution in [2.24, 2.45) is 17.6 Å². The number of benzene rings is 1. The zero-order chi connectivity index (χ0) is 11.3. The third kappa shape index (κ3) is 3.80. The lowest BCUT2D eigenvalue weighted by Crippen LogP contribution is -2.27. The molecule has 0 aliphatic carbocycles. The Kier molecular flexibility index (Phi) is 4.43. The first kappa shape index (κ1) is 11.9. The summed E-state index contributed by atoms with van der Waals surface area (Å²) in [6.07, 6.45) is 0. The Labute approximate surface area is 91.3 Å². The lowest BCUT2D eigenvalue weighted by Gasteiger charge is -2.19. The molecule has 1 aromatic carbocycles. The fourth-order valence-electron chi connectivity index (χ4n) is 1.46. The molecule has 1 atom stereocenters. The smallest absolute Gasteiger partial charge is 0.117 e. The Hall–Kier alpha value is -1.22. The van der Waals surface area contributed by atoms with Crippen LogP contribution in [0.2, 0.25) is 0 Å². The first-order chi connectivity index (χ1) is 7.13. The molecule has 15 heavy (non-hydrogen) atoms. The minimum absolute atomic E-state index is 0.286. The summed E-state index contributed by atoms with van der Waals surface area (Å²) in [4.78, 5) is 0. The van der Waals surface area contributed by atoms with Gasteiger partial charge in [0.15, 0.2) is 0 Å². The number of phenolic OH excluding ortho intramolecular Hbond substituents is 1. The van der Waals surface area contributed by atoms with Crippen LogP contribution in [0.1, 0.15) is 13.8 Å². The van der Waals surface area contributed by atoms with Gasteiger partial charge in [0.05, 0.1) is 0 Å². The van der Waals surface area contributed by atoms with Crippen molar-refractivity contribution in [2.45, 2.75) is 13.8 Å². The summed E-state index contributed by atoms with van der Waals surface area (Å²) in [5.41, 5.74) is 6.62. The van der Waals surface area contributed by atoms with Gasteiger partial charge in [-0.25, -0.2) is 0 Å². The summed E-state index contributed by atoms with van der Waals surface area (Å²) in [6, 6.07) is 7.14. The molecule has 0 aromatic heterocycles. The molecule has 0 radical (unpaired) electrons. The molecule has 3 nitrogen and oxygen atoms in total. The number of phenols is 1. The van der Waals surface area contributed by atoms with Gasteiger partial charge in [-0.05, 0) is 30.5 Å². The predicted octanol–water partition coefficient (Wildman–Crippen LogP) is 2.03. The van der Waals surface area contributed by atoms with Crippen LogP contribution in [-0.4, -0.2) is 18.2 Å². The van der Waals surface area contributed by atoms with E-state index in [1.807, 2.05) is 12.1 Å². The first-order valence-electron chi connectivity index (χ1n) is 5.36. The van der Waals surface area contributed by atoms with E-state index in [-0.39, 0.29) is 5.75 Å². The molecular formula is C12H20N2O. The normalized spacial score (nSPS) is 12.8. The molecule has 0 spiro atoms. The van der Waals surface area contributed by atoms with E-state index < -0.39 is 0 Å². The van der Waals surface area contributed by atoms with Gasteiger partial charge in [-0.15, -0.1) is 0 Å². The van der Waals surface area contributed by atoms with Crippen molar-refractivity contribution in [3.05, 3.63) is 24.3 Å². The molecule has 84 valence electrons. The standard InChI is InChI=1S/C12H20N2O/c1-9(2)10(7-13)8-14-11-4-3-5-12(15)6-11/h3-6,9-10,14-15H,7-8,13H2,1-2H3. The summed E-state index contributed by atoms with van der Waals surface area (Å²) in [7, 11) is 0. The first-order valence-corrected chi connectivity index (χ1v) is 5.36. The van der Waals surface area contributed by atoms with Crippen LogP contribution in [0.25, 0.3) is 0 Å². The average molecular weight is 208 g/mol. The zero-order valence-corrected chi connectivity index (χ0v) is 9.40. The van der Waals surface area contributed by atoms with E-state index in [0.29, 0.717) is 18.4 Å². The molecule has 1 unspecified atom stereocenters. The quantitative estimate of drug-likeness (QED) is 0.694. The topological polar surface area (TPSA) is 58.3 Å². The predicted molar refractivity (Wildman–Crippen MR) is 64.0 cm³/mol. The van der Waals surface area contributed by atoms with Crippen LogP contribution >= 0.6 is 0 Å². The van der Waals surface area contributed by atoms with Crippen molar-refractivity contribution >= 4 is 5.69 Å². The van der Waals surface area contributed by atoms with E-state index in [2.05, 4.69) is 19.2 Å². The molecule has 1 aromatic rings. The molecule has 0 bridgehead atoms. The third-order valence-electron chi connectivity index (χ3n) is 2.66. The largest absolute Gasteiger partial charge is 0.508 e. The Bertz CT molecular complexity index is 299. The van der Waals surface area contributed by atoms with Gasteiger partial charge in [0.1, 0.15) is 5.75 Å². The van der Waals surface area contributed by atoms with Crippen molar-refractivity contribution < 1.29 is 5.11 Å². The molecule has 0 amide bonds. The number of nitrogens with one attached hydrogen (secondary N) is 1. The van der Waals surface area contributed by atoms with Crippen molar-refractivity contribution in [2.75, 3.05) is 18.4 Å². The Morgan fingerprint density at radius 2 is 2.13 bits per heavy atom. The number of nitrogens with two attached hydrogens (primary N) is 1. The second kappa shape index (κ2) is 5.61. The molecule has 0 fully saturated rings. The fraction of sp³-hybridized carbons (Fsp3) is 0.500. The molecule has 1 rings (SSSR count). The van der Waals surface area contributed by atoms with Gasteiger partial charge in [0.25, 0.3) is 0 Å². The van der Waals surface area contributed by atoms with Crippen LogP contribution in [0.5, 0.6) is 5.75 Å². The van der Waals surface area contributed by atoms with E-state index in [4.69, 9.17) is 5.73 Å². The minimum atomic E-state index is 0.286. The fourth-order valence-corrected chi connectivity index (χ4v) is 1.46. The van der Waals surface area contributed by atoms with Gasteiger partial charge in [-0.1, -0.05) is 19.9 Å². The van der Waals surface area contributed by atoms with Crippen molar-refractivity contribution in [3.63, 3.8) is 0 Å². The van der Waals surface area contributed by atoms with Crippen LogP contribution in [0.3, 0.4) is 0 Å². The number of hydrogen-bond acceptors (Lipinski definition) is 3. The monoisotopic (exact) mass is 208 g/mol. The second-order valence-corrected chi connectivity index (χ2v) is 4.17. The highest BCUT2D eigenvalue weighted by molar-refractivity contribution is 5.47. The highest BCUT2D eigenvalue weighted by Crippen LogP contribution is 2.17. The maximum Gasteiger partial charge on any atom is 0.117 e. The second-order valence-electron chi connectivity index (χ2n) is 4.17. The molecule has 0 aliphatic rings. The van der Waals surface area contributed by atoms with Crippen molar-refractivity contribution in [1.29, 1.82) is 0 Å². The van der Waals surface area contributed by atoms with E-state index in [9.17, 15) is 5.11 Å². The minimum Gasteiger partial charge on any atom is -0.508 e. The lowest BCUT2D eigenvalue weighted by molar-refractivity contribution is 0.413. The van der Waals surface area contributed by atoms with Crippen LogP contribution in [0.4, 0.5) is 5.69 Å². The van der Waals surface area contributed by atoms with Gasteiger partial charge in [0, 0.05) is 18.3 Å². The average Bonchev–Trinajstić information content (AvgIpc) is 2.18. The van der Waals surface area contributed by atoms with E-state index in [0.717, 1.165) is 12.2 Å². The summed E-state index contributed by atoms with van der Waals surface area (Å²) in [5.74, 6) is 1.32. The number of rotatable bonds is 5. The summed E-state index contributed by atoms with van der Waals surface area (Å²) in [6.45, 7) is 5.87. The molecule has 3 heteroatoms. The molecule has 4 N–H and O–H groups in total. The summed E-state index contributed by atoms with van der Waals surface area (Å²) in [5, 5.41) is 12.6. The van der Waals surface area contributed by atoms with Crippen LogP contribution in [0, 0.1) is 11.8 Å². The number of anilines is 1. The lowest BCUT2D eigenvalue weighted by atomic mass is 9.96. The Morgan fingerprint density at radius 3 is 2.67 bits per heavy atom.